The van der Waals surface area contributed by atoms with Gasteiger partial charge < -0.3 is 0 Å². The molecule has 0 amide bonds. The summed E-state index contributed by atoms with van der Waals surface area (Å²) in [6, 6.07) is 62.6. The third kappa shape index (κ3) is 16.6. The second kappa shape index (κ2) is 31.7. The van der Waals surface area contributed by atoms with Crippen LogP contribution in [0.5, 0.6) is 0 Å². The molecular formula is C106H122F2N4+4. The van der Waals surface area contributed by atoms with E-state index in [0.29, 0.717) is 46.4 Å². The Kier molecular flexibility index (Phi) is 21.8. The summed E-state index contributed by atoms with van der Waals surface area (Å²) in [6.45, 7) is 54.6. The summed E-state index contributed by atoms with van der Waals surface area (Å²) in [6.07, 6.45) is 0. The lowest BCUT2D eigenvalue weighted by Crippen LogP contribution is -2.35. The number of aryl methyl sites for hydroxylation is 7. The number of hydrogen-bond acceptors (Lipinski definition) is 0. The van der Waals surface area contributed by atoms with Crippen LogP contribution in [0.25, 0.3) is 110 Å². The third-order valence-corrected chi connectivity index (χ3v) is 23.5. The van der Waals surface area contributed by atoms with E-state index in [-0.39, 0.29) is 33.3 Å². The largest absolute Gasteiger partial charge is 0.223 e. The number of rotatable bonds is 6. The van der Waals surface area contributed by atoms with Crippen molar-refractivity contribution in [2.24, 2.45) is 28.2 Å². The lowest BCUT2D eigenvalue weighted by Gasteiger charge is -2.20. The van der Waals surface area contributed by atoms with E-state index in [1.54, 1.807) is 0 Å². The molecule has 4 nitrogen and oxygen atoms in total. The van der Waals surface area contributed by atoms with E-state index in [9.17, 15) is 4.39 Å². The van der Waals surface area contributed by atoms with Crippen molar-refractivity contribution in [1.29, 1.82) is 0 Å². The highest BCUT2D eigenvalue weighted by atomic mass is 19.1. The fraction of sp³-hybridized carbons (Fsp3) is 0.321. The van der Waals surface area contributed by atoms with Gasteiger partial charge in [-0.3, -0.25) is 0 Å². The van der Waals surface area contributed by atoms with Crippen molar-refractivity contribution in [2.45, 2.75) is 202 Å². The summed E-state index contributed by atoms with van der Waals surface area (Å²) in [5, 5.41) is 8.12. The van der Waals surface area contributed by atoms with Crippen molar-refractivity contribution in [3.63, 3.8) is 0 Å². The lowest BCUT2D eigenvalue weighted by atomic mass is 9.85. The van der Waals surface area contributed by atoms with Crippen molar-refractivity contribution in [2.75, 3.05) is 0 Å². The molecule has 4 aromatic heterocycles. The molecule has 0 radical (unpaired) electrons. The Morgan fingerprint density at radius 3 is 0.973 bits per heavy atom. The lowest BCUT2D eigenvalue weighted by molar-refractivity contribution is -0.665. The van der Waals surface area contributed by atoms with E-state index in [1.165, 1.54) is 89.3 Å². The van der Waals surface area contributed by atoms with Gasteiger partial charge in [-0.2, -0.15) is 18.3 Å². The van der Waals surface area contributed by atoms with Crippen LogP contribution in [-0.2, 0) is 49.9 Å². The summed E-state index contributed by atoms with van der Waals surface area (Å²) in [4.78, 5) is 0. The van der Waals surface area contributed by atoms with E-state index >= 15 is 4.39 Å². The van der Waals surface area contributed by atoms with Gasteiger partial charge in [-0.15, -0.1) is 0 Å². The highest BCUT2D eigenvalue weighted by Gasteiger charge is 2.30. The van der Waals surface area contributed by atoms with Gasteiger partial charge in [0.05, 0.1) is 38.2 Å². The highest BCUT2D eigenvalue weighted by Crippen LogP contribution is 2.41. The van der Waals surface area contributed by atoms with Crippen LogP contribution < -0.4 is 18.3 Å². The Labute approximate surface area is 675 Å². The van der Waals surface area contributed by atoms with E-state index in [2.05, 4.69) is 297 Å². The number of halogens is 2. The molecule has 14 aromatic rings. The number of nitrogens with zero attached hydrogens (tertiary/aromatic N) is 4. The maximum absolute atomic E-state index is 15.3. The van der Waals surface area contributed by atoms with Crippen molar-refractivity contribution < 1.29 is 32.5 Å². The fourth-order valence-electron chi connectivity index (χ4n) is 15.8. The first-order valence-corrected chi connectivity index (χ1v) is 39.7. The summed E-state index contributed by atoms with van der Waals surface area (Å²) < 4.78 is 73.0. The minimum Gasteiger partial charge on any atom is -0.206 e. The molecule has 6 heteroatoms. The van der Waals surface area contributed by atoms with Crippen molar-refractivity contribution in [3.8, 4) is 67.3 Å². The van der Waals surface area contributed by atoms with Gasteiger partial charge in [-0.1, -0.05) is 210 Å². The van der Waals surface area contributed by atoms with Crippen LogP contribution in [0.1, 0.15) is 189 Å². The molecule has 576 valence electrons. The molecule has 0 fully saturated rings. The SMILES string of the molecule is [2H]c1c(C)[n+](C)c(-c2c(C)c(C)cc(C)c2F)c2ccc(C(C)(C)C)cc12.[2H]c1c(C)[n+](C)c(-c2cc(C)c(F)c(C)c2C)c2ccc(C(C)(C)C)cc12.[2H]c1c(C)[n+](C)c(-c2ccc(-c3c(C)cccc3C)cc2C)c2ccc(C(C)(C)C)cc12.[2H]c1c(C)[n+](C)c(-c2ccc(-c3ccccc3)cc2C)c2ccc(C(C)(C)C)cc12. The summed E-state index contributed by atoms with van der Waals surface area (Å²) in [5.74, 6) is -0.306. The zero-order chi connectivity index (χ0) is 85.5. The molecule has 0 atom stereocenters. The topological polar surface area (TPSA) is 15.5 Å². The summed E-state index contributed by atoms with van der Waals surface area (Å²) in [5.41, 5.74) is 32.2. The van der Waals surface area contributed by atoms with Gasteiger partial charge in [-0.25, -0.2) is 8.78 Å². The maximum atomic E-state index is 15.3. The van der Waals surface area contributed by atoms with Gasteiger partial charge in [0.2, 0.25) is 22.8 Å². The van der Waals surface area contributed by atoms with Crippen molar-refractivity contribution in [1.82, 2.24) is 0 Å². The second-order valence-corrected chi connectivity index (χ2v) is 35.8. The van der Waals surface area contributed by atoms with Crippen LogP contribution in [0, 0.1) is 109 Å². The number of hydrogen-bond donors (Lipinski definition) is 0. The molecule has 14 rings (SSSR count). The van der Waals surface area contributed by atoms with E-state index in [1.807, 2.05) is 99.2 Å². The van der Waals surface area contributed by atoms with Crippen LogP contribution >= 0.6 is 0 Å². The van der Waals surface area contributed by atoms with Crippen LogP contribution in [-0.4, -0.2) is 0 Å². The molecule has 10 aromatic carbocycles. The standard InChI is InChI=1S/C30H34N.C28H30N.2C24H29FN/c1-19-10-9-11-20(2)28(19)23-12-14-26(21(3)16-23)29-27-15-13-25(30(5,6)7)18-24(27)17-22(4)31(29)8;1-19-16-22(21-10-8-7-9-11-21)12-14-25(19)27-26-15-13-24(28(3,4)5)18-23(26)17-20(2)29(27)6;1-14-11-21(16(3)17(4)22(14)25)23-20-10-9-19(24(5,6)7)13-18(20)12-15(2)26(23)8;1-14-11-15(2)22(25)21(17(14)4)23-20-10-9-19(24(5,6)7)13-18(20)12-16(3)26(23)8/h9-18H,1-8H3;7-18H,1-6H3;2*9-13H,1-8H3/q4*+1/i2*17D;2*12D. The molecule has 4 heterocycles. The van der Waals surface area contributed by atoms with Crippen LogP contribution in [0.4, 0.5) is 8.78 Å². The minimum absolute atomic E-state index is 0.00613. The first kappa shape index (κ1) is 77.0. The number of aromatic nitrogens is 4. The third-order valence-electron chi connectivity index (χ3n) is 23.5. The predicted octanol–water partition coefficient (Wildman–Crippen LogP) is 26.4. The zero-order valence-corrected chi connectivity index (χ0v) is 72.7. The first-order chi connectivity index (χ1) is 54.1. The quantitative estimate of drug-likeness (QED) is 0.148. The molecule has 112 heavy (non-hydrogen) atoms. The van der Waals surface area contributed by atoms with Gasteiger partial charge in [0.1, 0.15) is 39.8 Å². The fourth-order valence-corrected chi connectivity index (χ4v) is 15.8. The molecule has 0 spiro atoms. The Bertz CT molecular complexity index is 6230. The van der Waals surface area contributed by atoms with Gasteiger partial charge in [0.15, 0.2) is 22.8 Å². The molecule has 0 bridgehead atoms. The number of fused-ring (bicyclic) bond motifs is 4. The number of pyridine rings is 4. The minimum atomic E-state index is -0.174. The molecule has 0 aliphatic rings. The molecule has 0 saturated heterocycles. The van der Waals surface area contributed by atoms with Crippen molar-refractivity contribution >= 4 is 43.1 Å². The molecule has 0 aliphatic heterocycles. The van der Waals surface area contributed by atoms with E-state index < -0.39 is 0 Å². The number of benzene rings is 10. The normalized spacial score (nSPS) is 12.4. The molecule has 0 N–H and O–H groups in total. The predicted molar refractivity (Wildman–Crippen MR) is 474 cm³/mol. The average Bonchev–Trinajstić information content (AvgIpc) is 0.779. The van der Waals surface area contributed by atoms with Gasteiger partial charge in [0, 0.05) is 63.0 Å². The van der Waals surface area contributed by atoms with Crippen molar-refractivity contribution in [3.05, 3.63) is 306 Å². The summed E-state index contributed by atoms with van der Waals surface area (Å²) in [7, 11) is 8.08. The van der Waals surface area contributed by atoms with E-state index in [4.69, 9.17) is 5.48 Å². The maximum Gasteiger partial charge on any atom is 0.223 e. The molecule has 0 aliphatic carbocycles. The van der Waals surface area contributed by atoms with Crippen LogP contribution in [0.2, 0.25) is 0 Å². The van der Waals surface area contributed by atoms with Gasteiger partial charge in [0.25, 0.3) is 0 Å². The Hall–Kier alpha value is -10.3. The smallest absolute Gasteiger partial charge is 0.206 e. The van der Waals surface area contributed by atoms with Crippen LogP contribution in [0.15, 0.2) is 194 Å². The van der Waals surface area contributed by atoms with Gasteiger partial charge in [-0.05, 0) is 255 Å². The molecule has 0 saturated carbocycles. The Balaban J connectivity index is 0.000000152. The van der Waals surface area contributed by atoms with Crippen LogP contribution in [0.3, 0.4) is 0 Å². The summed E-state index contributed by atoms with van der Waals surface area (Å²) >= 11 is 0. The molecule has 0 unspecified atom stereocenters. The van der Waals surface area contributed by atoms with Gasteiger partial charge >= 0.3 is 0 Å². The zero-order valence-electron chi connectivity index (χ0n) is 76.7. The monoisotopic (exact) mass is 1490 g/mol. The Morgan fingerprint density at radius 2 is 0.598 bits per heavy atom. The highest BCUT2D eigenvalue weighted by molar-refractivity contribution is 5.98. The second-order valence-electron chi connectivity index (χ2n) is 35.8. The van der Waals surface area contributed by atoms with E-state index in [0.717, 1.165) is 99.5 Å². The average molecular weight is 1490 g/mol. The first-order valence-electron chi connectivity index (χ1n) is 41.7. The Morgan fingerprint density at radius 1 is 0.259 bits per heavy atom. The molecular weight excluding hydrogens is 1370 g/mol.